The molecule has 3 saturated heterocycles. The molecule has 1 spiro atoms. The first-order valence-corrected chi connectivity index (χ1v) is 12.5. The summed E-state index contributed by atoms with van der Waals surface area (Å²) in [7, 11) is 0. The molecule has 202 valence electrons. The van der Waals surface area contributed by atoms with Gasteiger partial charge in [0, 0.05) is 51.5 Å². The first-order valence-electron chi connectivity index (χ1n) is 12.5. The first kappa shape index (κ1) is 26.9. The highest BCUT2D eigenvalue weighted by Gasteiger charge is 2.47. The fourth-order valence-corrected chi connectivity index (χ4v) is 5.60. The minimum Gasteiger partial charge on any atom is -0.437 e. The molecule has 4 rings (SSSR count). The number of piperidine rings is 2. The van der Waals surface area contributed by atoms with E-state index in [2.05, 4.69) is 21.5 Å². The summed E-state index contributed by atoms with van der Waals surface area (Å²) in [5, 5.41) is 0. The van der Waals surface area contributed by atoms with E-state index in [1.54, 1.807) is 6.07 Å². The van der Waals surface area contributed by atoms with Crippen LogP contribution < -0.4 is 4.90 Å². The van der Waals surface area contributed by atoms with Crippen LogP contribution in [0.1, 0.15) is 50.7 Å². The van der Waals surface area contributed by atoms with Gasteiger partial charge < -0.3 is 14.5 Å². The molecule has 11 heteroatoms. The van der Waals surface area contributed by atoms with Crippen LogP contribution in [0.4, 0.5) is 36.8 Å². The van der Waals surface area contributed by atoms with E-state index in [9.17, 15) is 31.1 Å². The Bertz CT molecular complexity index is 935. The summed E-state index contributed by atoms with van der Waals surface area (Å²) in [4.78, 5) is 17.7. The second-order valence-corrected chi connectivity index (χ2v) is 10.7. The number of hydrogen-bond donors (Lipinski definition) is 0. The van der Waals surface area contributed by atoms with Gasteiger partial charge in [-0.2, -0.15) is 26.3 Å². The lowest BCUT2D eigenvalue weighted by molar-refractivity contribution is -0.200. The standard InChI is InChI=1S/C25H33F6N3O2/c1-17-4-3-9-34(13-17)21-12-20(25(29,30)31)6-5-19(21)14-32-15-23(16-32)7-10-33(11-8-23)22(35)36-18(2)24(26,27)28/h5-6,12,17-18H,3-4,7-11,13-16H2,1-2H3. The molecule has 1 aromatic carbocycles. The minimum absolute atomic E-state index is 0.0296. The molecule has 0 N–H and O–H groups in total. The molecule has 0 aliphatic carbocycles. The molecule has 2 atom stereocenters. The van der Waals surface area contributed by atoms with Gasteiger partial charge in [0.05, 0.1) is 5.56 Å². The number of carbonyl (C=O) groups excluding carboxylic acids is 1. The maximum Gasteiger partial charge on any atom is 0.425 e. The van der Waals surface area contributed by atoms with Crippen molar-refractivity contribution < 1.29 is 35.9 Å². The summed E-state index contributed by atoms with van der Waals surface area (Å²) in [5.74, 6) is 0.421. The van der Waals surface area contributed by atoms with Crippen LogP contribution >= 0.6 is 0 Å². The highest BCUT2D eigenvalue weighted by atomic mass is 19.4. The van der Waals surface area contributed by atoms with Gasteiger partial charge in [-0.05, 0) is 61.6 Å². The minimum atomic E-state index is -4.59. The zero-order valence-corrected chi connectivity index (χ0v) is 20.6. The quantitative estimate of drug-likeness (QED) is 0.461. The van der Waals surface area contributed by atoms with E-state index in [0.717, 1.165) is 57.6 Å². The second kappa shape index (κ2) is 9.95. The van der Waals surface area contributed by atoms with E-state index in [1.165, 1.54) is 11.0 Å². The fourth-order valence-electron chi connectivity index (χ4n) is 5.60. The Morgan fingerprint density at radius 1 is 1.11 bits per heavy atom. The van der Waals surface area contributed by atoms with E-state index in [0.29, 0.717) is 44.1 Å². The molecule has 1 amide bonds. The molecule has 3 aliphatic heterocycles. The van der Waals surface area contributed by atoms with E-state index in [4.69, 9.17) is 0 Å². The molecule has 0 saturated carbocycles. The van der Waals surface area contributed by atoms with Crippen molar-refractivity contribution in [3.05, 3.63) is 29.3 Å². The summed E-state index contributed by atoms with van der Waals surface area (Å²) in [6.45, 7) is 7.08. The number of amides is 1. The van der Waals surface area contributed by atoms with E-state index in [1.807, 2.05) is 0 Å². The highest BCUT2D eigenvalue weighted by Crippen LogP contribution is 2.43. The number of nitrogens with zero attached hydrogens (tertiary/aromatic N) is 3. The number of rotatable bonds is 4. The van der Waals surface area contributed by atoms with Crippen LogP contribution in [0.25, 0.3) is 0 Å². The monoisotopic (exact) mass is 521 g/mol. The van der Waals surface area contributed by atoms with Gasteiger partial charge in [0.15, 0.2) is 6.10 Å². The molecule has 36 heavy (non-hydrogen) atoms. The van der Waals surface area contributed by atoms with Crippen molar-refractivity contribution in [2.45, 2.75) is 64.5 Å². The normalized spacial score (nSPS) is 23.9. The number of carbonyl (C=O) groups is 1. The average Bonchev–Trinajstić information content (AvgIpc) is 2.77. The van der Waals surface area contributed by atoms with Crippen LogP contribution in [-0.4, -0.2) is 67.4 Å². The molecule has 0 radical (unpaired) electrons. The number of anilines is 1. The van der Waals surface area contributed by atoms with Gasteiger partial charge in [0.1, 0.15) is 0 Å². The van der Waals surface area contributed by atoms with Crippen LogP contribution in [0.2, 0.25) is 0 Å². The summed E-state index contributed by atoms with van der Waals surface area (Å²) in [6, 6.07) is 4.01. The van der Waals surface area contributed by atoms with Crippen molar-refractivity contribution in [1.29, 1.82) is 0 Å². The zero-order valence-electron chi connectivity index (χ0n) is 20.6. The largest absolute Gasteiger partial charge is 0.437 e. The molecule has 1 aromatic rings. The molecule has 0 aromatic heterocycles. The third kappa shape index (κ3) is 6.03. The Labute approximate surface area is 207 Å². The summed E-state index contributed by atoms with van der Waals surface area (Å²) < 4.78 is 82.8. The van der Waals surface area contributed by atoms with Crippen molar-refractivity contribution in [2.24, 2.45) is 11.3 Å². The van der Waals surface area contributed by atoms with Gasteiger partial charge in [-0.25, -0.2) is 4.79 Å². The fraction of sp³-hybridized carbons (Fsp3) is 0.720. The maximum absolute atomic E-state index is 13.4. The van der Waals surface area contributed by atoms with Crippen LogP contribution in [0.5, 0.6) is 0 Å². The van der Waals surface area contributed by atoms with Gasteiger partial charge in [0.25, 0.3) is 0 Å². The van der Waals surface area contributed by atoms with Crippen molar-refractivity contribution in [3.8, 4) is 0 Å². The van der Waals surface area contributed by atoms with Gasteiger partial charge in [-0.15, -0.1) is 0 Å². The van der Waals surface area contributed by atoms with Gasteiger partial charge in [-0.1, -0.05) is 13.0 Å². The summed E-state index contributed by atoms with van der Waals surface area (Å²) in [5.41, 5.74) is 0.847. The third-order valence-electron chi connectivity index (χ3n) is 7.74. The van der Waals surface area contributed by atoms with Crippen LogP contribution in [0.15, 0.2) is 18.2 Å². The van der Waals surface area contributed by atoms with Gasteiger partial charge in [-0.3, -0.25) is 4.90 Å². The first-order chi connectivity index (χ1) is 16.8. The van der Waals surface area contributed by atoms with Crippen LogP contribution in [-0.2, 0) is 17.5 Å². The Kier molecular flexibility index (Phi) is 7.43. The molecule has 3 heterocycles. The van der Waals surface area contributed by atoms with Crippen molar-refractivity contribution in [2.75, 3.05) is 44.2 Å². The molecular formula is C25H33F6N3O2. The second-order valence-electron chi connectivity index (χ2n) is 10.7. The molecular weight excluding hydrogens is 488 g/mol. The van der Waals surface area contributed by atoms with Gasteiger partial charge >= 0.3 is 18.4 Å². The van der Waals surface area contributed by atoms with Crippen molar-refractivity contribution >= 4 is 11.8 Å². The lowest BCUT2D eigenvalue weighted by atomic mass is 9.72. The number of ether oxygens (including phenoxy) is 1. The lowest BCUT2D eigenvalue weighted by Gasteiger charge is -2.54. The third-order valence-corrected chi connectivity index (χ3v) is 7.74. The molecule has 0 bridgehead atoms. The number of hydrogen-bond acceptors (Lipinski definition) is 4. The van der Waals surface area contributed by atoms with E-state index < -0.39 is 30.1 Å². The number of halogens is 6. The van der Waals surface area contributed by atoms with Crippen molar-refractivity contribution in [1.82, 2.24) is 9.80 Å². The number of likely N-dealkylation sites (tertiary alicyclic amines) is 2. The summed E-state index contributed by atoms with van der Waals surface area (Å²) in [6.07, 6.45) is -8.77. The SMILES string of the molecule is CC1CCCN(c2cc(C(F)(F)F)ccc2CN2CC3(CCN(C(=O)OC(C)C(F)(F)F)CC3)C2)C1. The number of benzene rings is 1. The zero-order chi connectivity index (χ0) is 26.3. The molecule has 3 fully saturated rings. The highest BCUT2D eigenvalue weighted by molar-refractivity contribution is 5.68. The van der Waals surface area contributed by atoms with Gasteiger partial charge in [0.2, 0.25) is 0 Å². The maximum atomic E-state index is 13.4. The lowest BCUT2D eigenvalue weighted by Crippen LogP contribution is -2.60. The van der Waals surface area contributed by atoms with Crippen molar-refractivity contribution in [3.63, 3.8) is 0 Å². The Balaban J connectivity index is 1.35. The predicted octanol–water partition coefficient (Wildman–Crippen LogP) is 5.93. The van der Waals surface area contributed by atoms with Crippen LogP contribution in [0.3, 0.4) is 0 Å². The van der Waals surface area contributed by atoms with E-state index >= 15 is 0 Å². The smallest absolute Gasteiger partial charge is 0.425 e. The molecule has 5 nitrogen and oxygen atoms in total. The Morgan fingerprint density at radius 3 is 2.36 bits per heavy atom. The predicted molar refractivity (Wildman–Crippen MR) is 123 cm³/mol. The Hall–Kier alpha value is -2.17. The number of alkyl halides is 6. The molecule has 3 aliphatic rings. The summed E-state index contributed by atoms with van der Waals surface area (Å²) >= 11 is 0. The van der Waals surface area contributed by atoms with E-state index in [-0.39, 0.29) is 5.41 Å². The average molecular weight is 522 g/mol. The van der Waals surface area contributed by atoms with Crippen LogP contribution in [0, 0.1) is 11.3 Å². The Morgan fingerprint density at radius 2 is 1.78 bits per heavy atom. The topological polar surface area (TPSA) is 36.0 Å². The molecule has 2 unspecified atom stereocenters.